The number of rotatable bonds is 3. The minimum Gasteiger partial charge on any atom is -0.258 e. The number of aryl methyl sites for hydroxylation is 1. The number of nitro groups is 1. The van der Waals surface area contributed by atoms with Gasteiger partial charge >= 0.3 is 0 Å². The molecule has 2 aromatic carbocycles. The highest BCUT2D eigenvalue weighted by Crippen LogP contribution is 2.31. The van der Waals surface area contributed by atoms with E-state index in [4.69, 9.17) is 11.6 Å². The molecule has 4 aromatic rings. The van der Waals surface area contributed by atoms with Crippen LogP contribution in [0.4, 0.5) is 5.69 Å². The number of benzene rings is 2. The van der Waals surface area contributed by atoms with Crippen LogP contribution < -0.4 is 0 Å². The molecule has 2 heterocycles. The molecule has 0 atom stereocenters. The lowest BCUT2D eigenvalue weighted by molar-refractivity contribution is -0.384. The first-order chi connectivity index (χ1) is 12.5. The second kappa shape index (κ2) is 6.24. The fourth-order valence-corrected chi connectivity index (χ4v) is 3.13. The van der Waals surface area contributed by atoms with Crippen molar-refractivity contribution in [3.05, 3.63) is 81.6 Å². The maximum Gasteiger partial charge on any atom is 0.270 e. The van der Waals surface area contributed by atoms with Gasteiger partial charge in [-0.2, -0.15) is 5.10 Å². The maximum atomic E-state index is 11.1. The van der Waals surface area contributed by atoms with Crippen LogP contribution in [0, 0.1) is 17.0 Å². The first kappa shape index (κ1) is 16.2. The average Bonchev–Trinajstić information content (AvgIpc) is 2.98. The number of aromatic nitrogens is 3. The largest absolute Gasteiger partial charge is 0.270 e. The van der Waals surface area contributed by atoms with Crippen LogP contribution in [0.5, 0.6) is 0 Å². The molecule has 0 unspecified atom stereocenters. The second-order valence-electron chi connectivity index (χ2n) is 5.84. The Balaban J connectivity index is 1.94. The molecule has 26 heavy (non-hydrogen) atoms. The lowest BCUT2D eigenvalue weighted by Gasteiger charge is -2.05. The molecule has 0 fully saturated rings. The van der Waals surface area contributed by atoms with E-state index < -0.39 is 4.92 Å². The van der Waals surface area contributed by atoms with E-state index in [1.807, 2.05) is 37.3 Å². The molecule has 0 spiro atoms. The highest BCUT2D eigenvalue weighted by molar-refractivity contribution is 6.30. The first-order valence-corrected chi connectivity index (χ1v) is 8.27. The van der Waals surface area contributed by atoms with Crippen molar-refractivity contribution in [1.29, 1.82) is 0 Å². The topological polar surface area (TPSA) is 73.3 Å². The van der Waals surface area contributed by atoms with Crippen LogP contribution in [-0.2, 0) is 0 Å². The maximum absolute atomic E-state index is 11.1. The Bertz CT molecular complexity index is 1140. The summed E-state index contributed by atoms with van der Waals surface area (Å²) in [5.74, 6) is 0. The molecule has 0 amide bonds. The van der Waals surface area contributed by atoms with Gasteiger partial charge in [0, 0.05) is 34.5 Å². The molecule has 0 aliphatic heterocycles. The quantitative estimate of drug-likeness (QED) is 0.381. The monoisotopic (exact) mass is 364 g/mol. The number of nitrogens with zero attached hydrogens (tertiary/aromatic N) is 4. The number of hydrogen-bond donors (Lipinski definition) is 0. The zero-order valence-electron chi connectivity index (χ0n) is 13.8. The number of non-ortho nitro benzene ring substituents is 1. The lowest BCUT2D eigenvalue weighted by Crippen LogP contribution is -1.97. The molecular weight excluding hydrogens is 352 g/mol. The van der Waals surface area contributed by atoms with Crippen LogP contribution in [-0.4, -0.2) is 19.5 Å². The SMILES string of the molecule is Cc1nn2c(-c3cccc([N+](=O)[O-])c3)ccnc2c1-c1ccc(Cl)cc1. The van der Waals surface area contributed by atoms with Crippen molar-refractivity contribution < 1.29 is 4.92 Å². The molecule has 0 saturated carbocycles. The van der Waals surface area contributed by atoms with Gasteiger partial charge in [-0.1, -0.05) is 35.9 Å². The van der Waals surface area contributed by atoms with Crippen LogP contribution in [0.15, 0.2) is 60.8 Å². The van der Waals surface area contributed by atoms with Crippen molar-refractivity contribution in [2.75, 3.05) is 0 Å². The van der Waals surface area contributed by atoms with Gasteiger partial charge < -0.3 is 0 Å². The molecule has 0 bridgehead atoms. The number of fused-ring (bicyclic) bond motifs is 1. The van der Waals surface area contributed by atoms with E-state index in [0.29, 0.717) is 16.2 Å². The number of halogens is 1. The molecule has 0 aliphatic rings. The van der Waals surface area contributed by atoms with E-state index in [2.05, 4.69) is 10.1 Å². The summed E-state index contributed by atoms with van der Waals surface area (Å²) >= 11 is 5.99. The Hall–Kier alpha value is -3.25. The van der Waals surface area contributed by atoms with Crippen LogP contribution >= 0.6 is 11.6 Å². The van der Waals surface area contributed by atoms with Gasteiger partial charge in [0.05, 0.1) is 16.3 Å². The van der Waals surface area contributed by atoms with Crippen molar-refractivity contribution in [2.45, 2.75) is 6.92 Å². The molecule has 0 saturated heterocycles. The molecule has 0 radical (unpaired) electrons. The van der Waals surface area contributed by atoms with Gasteiger partial charge in [0.15, 0.2) is 5.65 Å². The summed E-state index contributed by atoms with van der Waals surface area (Å²) in [4.78, 5) is 15.1. The molecule has 2 aromatic heterocycles. The van der Waals surface area contributed by atoms with Gasteiger partial charge in [0.2, 0.25) is 0 Å². The van der Waals surface area contributed by atoms with E-state index in [1.54, 1.807) is 22.8 Å². The third-order valence-corrected chi connectivity index (χ3v) is 4.43. The lowest BCUT2D eigenvalue weighted by atomic mass is 10.1. The van der Waals surface area contributed by atoms with Crippen molar-refractivity contribution >= 4 is 22.9 Å². The minimum atomic E-state index is -0.407. The predicted octanol–water partition coefficient (Wildman–Crippen LogP) is 4.93. The third kappa shape index (κ3) is 2.70. The van der Waals surface area contributed by atoms with E-state index in [9.17, 15) is 10.1 Å². The van der Waals surface area contributed by atoms with Gasteiger partial charge in [0.25, 0.3) is 5.69 Å². The minimum absolute atomic E-state index is 0.0364. The molecule has 7 heteroatoms. The van der Waals surface area contributed by atoms with E-state index >= 15 is 0 Å². The van der Waals surface area contributed by atoms with Crippen molar-refractivity contribution in [3.8, 4) is 22.4 Å². The smallest absolute Gasteiger partial charge is 0.258 e. The first-order valence-electron chi connectivity index (χ1n) is 7.90. The molecule has 0 N–H and O–H groups in total. The van der Waals surface area contributed by atoms with Gasteiger partial charge in [-0.25, -0.2) is 9.50 Å². The molecule has 128 valence electrons. The third-order valence-electron chi connectivity index (χ3n) is 4.18. The average molecular weight is 365 g/mol. The second-order valence-corrected chi connectivity index (χ2v) is 6.28. The zero-order chi connectivity index (χ0) is 18.3. The van der Waals surface area contributed by atoms with Crippen LogP contribution in [0.1, 0.15) is 5.69 Å². The highest BCUT2D eigenvalue weighted by Gasteiger charge is 2.16. The summed E-state index contributed by atoms with van der Waals surface area (Å²) in [7, 11) is 0. The number of nitro benzene ring substituents is 1. The van der Waals surface area contributed by atoms with Crippen molar-refractivity contribution in [3.63, 3.8) is 0 Å². The van der Waals surface area contributed by atoms with Crippen LogP contribution in [0.2, 0.25) is 5.02 Å². The summed E-state index contributed by atoms with van der Waals surface area (Å²) < 4.78 is 1.72. The predicted molar refractivity (Wildman–Crippen MR) is 100 cm³/mol. The van der Waals surface area contributed by atoms with Gasteiger partial charge in [0.1, 0.15) is 0 Å². The van der Waals surface area contributed by atoms with Gasteiger partial charge in [-0.05, 0) is 30.7 Å². The van der Waals surface area contributed by atoms with E-state index in [0.717, 1.165) is 22.5 Å². The van der Waals surface area contributed by atoms with Crippen LogP contribution in [0.25, 0.3) is 28.0 Å². The summed E-state index contributed by atoms with van der Waals surface area (Å²) in [6.07, 6.45) is 1.68. The summed E-state index contributed by atoms with van der Waals surface area (Å²) in [5, 5.41) is 16.4. The molecular formula is C19H13ClN4O2. The summed E-state index contributed by atoms with van der Waals surface area (Å²) in [6, 6.07) is 15.8. The van der Waals surface area contributed by atoms with Crippen molar-refractivity contribution in [1.82, 2.24) is 14.6 Å². The standard InChI is InChI=1S/C19H13ClN4O2/c1-12-18(13-5-7-15(20)8-6-13)19-21-10-9-17(23(19)22-12)14-3-2-4-16(11-14)24(25)26/h2-11H,1H3. The Kier molecular flexibility index (Phi) is 3.89. The van der Waals surface area contributed by atoms with E-state index in [-0.39, 0.29) is 5.69 Å². The van der Waals surface area contributed by atoms with Crippen molar-refractivity contribution in [2.24, 2.45) is 0 Å². The molecule has 0 aliphatic carbocycles. The van der Waals surface area contributed by atoms with E-state index in [1.165, 1.54) is 12.1 Å². The Morgan fingerprint density at radius 2 is 1.85 bits per heavy atom. The van der Waals surface area contributed by atoms with Gasteiger partial charge in [-0.15, -0.1) is 0 Å². The fraction of sp³-hybridized carbons (Fsp3) is 0.0526. The zero-order valence-corrected chi connectivity index (χ0v) is 14.5. The summed E-state index contributed by atoms with van der Waals surface area (Å²) in [6.45, 7) is 1.91. The fourth-order valence-electron chi connectivity index (χ4n) is 3.00. The highest BCUT2D eigenvalue weighted by atomic mass is 35.5. The number of hydrogen-bond acceptors (Lipinski definition) is 4. The van der Waals surface area contributed by atoms with Gasteiger partial charge in [-0.3, -0.25) is 10.1 Å². The normalized spacial score (nSPS) is 11.0. The molecule has 4 rings (SSSR count). The Morgan fingerprint density at radius 1 is 1.08 bits per heavy atom. The Labute approximate surface area is 153 Å². The Morgan fingerprint density at radius 3 is 2.58 bits per heavy atom. The van der Waals surface area contributed by atoms with Crippen LogP contribution in [0.3, 0.4) is 0 Å². The molecule has 6 nitrogen and oxygen atoms in total. The summed E-state index contributed by atoms with van der Waals surface area (Å²) in [5.41, 5.74) is 4.86.